The highest BCUT2D eigenvalue weighted by Gasteiger charge is 2.23. The van der Waals surface area contributed by atoms with Crippen LogP contribution in [0.3, 0.4) is 0 Å². The van der Waals surface area contributed by atoms with Gasteiger partial charge in [-0.2, -0.15) is 0 Å². The van der Waals surface area contributed by atoms with Crippen LogP contribution in [-0.2, 0) is 10.0 Å². The number of nitrogens with one attached hydrogen (secondary N) is 3. The second-order valence-electron chi connectivity index (χ2n) is 7.73. The van der Waals surface area contributed by atoms with Crippen molar-refractivity contribution < 1.29 is 17.9 Å². The van der Waals surface area contributed by atoms with Crippen LogP contribution in [0.15, 0.2) is 76.3 Å². The van der Waals surface area contributed by atoms with E-state index in [9.17, 15) is 13.2 Å². The van der Waals surface area contributed by atoms with E-state index in [0.717, 1.165) is 11.3 Å². The van der Waals surface area contributed by atoms with Crippen molar-refractivity contribution in [3.63, 3.8) is 0 Å². The van der Waals surface area contributed by atoms with Gasteiger partial charge in [-0.05, 0) is 53.9 Å². The van der Waals surface area contributed by atoms with Gasteiger partial charge in [-0.15, -0.1) is 11.3 Å². The molecule has 0 fully saturated rings. The Balaban J connectivity index is 1.42. The lowest BCUT2D eigenvalue weighted by Gasteiger charge is -2.14. The third kappa shape index (κ3) is 7.33. The zero-order valence-corrected chi connectivity index (χ0v) is 24.0. The number of halogens is 4. The first kappa shape index (κ1) is 28.5. The maximum Gasteiger partial charge on any atom is 0.319 e. The number of hydrogen-bond donors (Lipinski definition) is 3. The largest absolute Gasteiger partial charge is 0.455 e. The number of rotatable bonds is 9. The molecule has 1 heterocycles. The fourth-order valence-corrected chi connectivity index (χ4v) is 6.81. The zero-order valence-electron chi connectivity index (χ0n) is 19.3. The molecule has 0 unspecified atom stereocenters. The monoisotopic (exact) mass is 629 g/mol. The fourth-order valence-electron chi connectivity index (χ4n) is 3.39. The molecule has 0 atom stereocenters. The van der Waals surface area contributed by atoms with Gasteiger partial charge in [-0.25, -0.2) is 17.9 Å². The Morgan fingerprint density at radius 2 is 1.55 bits per heavy atom. The molecule has 38 heavy (non-hydrogen) atoms. The number of amides is 2. The fraction of sp³-hybridized carbons (Fsp3) is 0.0800. The van der Waals surface area contributed by atoms with Crippen molar-refractivity contribution in [3.05, 3.63) is 92.2 Å². The molecule has 3 N–H and O–H groups in total. The Morgan fingerprint density at radius 1 is 0.816 bits per heavy atom. The van der Waals surface area contributed by atoms with Gasteiger partial charge < -0.3 is 15.4 Å². The highest BCUT2D eigenvalue weighted by atomic mass is 35.5. The molecule has 0 saturated heterocycles. The van der Waals surface area contributed by atoms with Gasteiger partial charge in [0.1, 0.15) is 15.7 Å². The Kier molecular flexibility index (Phi) is 9.43. The van der Waals surface area contributed by atoms with Crippen LogP contribution >= 0.6 is 57.7 Å². The first-order valence-electron chi connectivity index (χ1n) is 10.9. The minimum Gasteiger partial charge on any atom is -0.455 e. The van der Waals surface area contributed by atoms with Crippen LogP contribution in [0.1, 0.15) is 0 Å². The van der Waals surface area contributed by atoms with Gasteiger partial charge in [-0.3, -0.25) is 0 Å². The zero-order chi connectivity index (χ0) is 27.3. The maximum absolute atomic E-state index is 13.1. The molecule has 0 aliphatic heterocycles. The highest BCUT2D eigenvalue weighted by molar-refractivity contribution is 7.91. The summed E-state index contributed by atoms with van der Waals surface area (Å²) < 4.78 is 34.9. The smallest absolute Gasteiger partial charge is 0.319 e. The van der Waals surface area contributed by atoms with Crippen molar-refractivity contribution in [1.82, 2.24) is 10.0 Å². The van der Waals surface area contributed by atoms with Crippen LogP contribution in [0.4, 0.5) is 10.5 Å². The molecule has 0 aliphatic carbocycles. The molecule has 0 bridgehead atoms. The molecule has 1 aromatic heterocycles. The number of thiophene rings is 1. The van der Waals surface area contributed by atoms with E-state index in [-0.39, 0.29) is 17.3 Å². The van der Waals surface area contributed by atoms with Crippen molar-refractivity contribution >= 4 is 79.5 Å². The van der Waals surface area contributed by atoms with E-state index >= 15 is 0 Å². The second kappa shape index (κ2) is 12.6. The van der Waals surface area contributed by atoms with Crippen LogP contribution in [0.25, 0.3) is 11.1 Å². The van der Waals surface area contributed by atoms with E-state index in [2.05, 4.69) is 15.4 Å². The van der Waals surface area contributed by atoms with Gasteiger partial charge in [-0.1, -0.05) is 64.6 Å². The van der Waals surface area contributed by atoms with E-state index in [4.69, 9.17) is 51.1 Å². The maximum atomic E-state index is 13.1. The van der Waals surface area contributed by atoms with E-state index < -0.39 is 16.1 Å². The Morgan fingerprint density at radius 3 is 2.29 bits per heavy atom. The summed E-state index contributed by atoms with van der Waals surface area (Å²) in [6, 6.07) is 17.7. The SMILES string of the molecule is O=C(NCCNS(=O)(=O)c1sccc1-c1ccccc1Oc1ccc(Cl)cc1Cl)Nc1cc(Cl)cc(Cl)c1. The first-order chi connectivity index (χ1) is 18.1. The number of carbonyl (C=O) groups excluding carboxylic acids is 1. The third-order valence-corrected chi connectivity index (χ3v) is 8.90. The highest BCUT2D eigenvalue weighted by Crippen LogP contribution is 2.40. The van der Waals surface area contributed by atoms with Crippen LogP contribution in [0.2, 0.25) is 20.1 Å². The van der Waals surface area contributed by atoms with Crippen LogP contribution in [-0.4, -0.2) is 27.5 Å². The molecule has 3 aromatic carbocycles. The summed E-state index contributed by atoms with van der Waals surface area (Å²) in [6.07, 6.45) is 0. The summed E-state index contributed by atoms with van der Waals surface area (Å²) in [6.45, 7) is -0.00322. The molecule has 0 aliphatic rings. The van der Waals surface area contributed by atoms with Crippen molar-refractivity contribution in [2.24, 2.45) is 0 Å². The molecule has 2 amide bonds. The van der Waals surface area contributed by atoms with E-state index in [1.54, 1.807) is 53.9 Å². The molecular formula is C25H19Cl4N3O4S2. The molecular weight excluding hydrogens is 612 g/mol. The Labute approximate surface area is 243 Å². The van der Waals surface area contributed by atoms with E-state index in [1.165, 1.54) is 18.2 Å². The van der Waals surface area contributed by atoms with Gasteiger partial charge in [0.05, 0.1) is 5.02 Å². The number of benzene rings is 3. The summed E-state index contributed by atoms with van der Waals surface area (Å²) in [5, 5.41) is 8.37. The standard InChI is InChI=1S/C25H19Cl4N3O4S2/c26-15-5-6-23(21(29)14-15)36-22-4-2-1-3-19(22)20-7-10-37-24(20)38(34,35)31-9-8-30-25(33)32-18-12-16(27)11-17(28)13-18/h1-7,10-14,31H,8-9H2,(H2,30,32,33). The third-order valence-electron chi connectivity index (χ3n) is 4.99. The van der Waals surface area contributed by atoms with Gasteiger partial charge in [0.15, 0.2) is 0 Å². The average Bonchev–Trinajstić information content (AvgIpc) is 3.34. The predicted octanol–water partition coefficient (Wildman–Crippen LogP) is 7.92. The lowest BCUT2D eigenvalue weighted by atomic mass is 10.1. The summed E-state index contributed by atoms with van der Waals surface area (Å²) in [5.74, 6) is 0.803. The molecule has 0 radical (unpaired) electrons. The van der Waals surface area contributed by atoms with Crippen molar-refractivity contribution in [2.75, 3.05) is 18.4 Å². The summed E-state index contributed by atoms with van der Waals surface area (Å²) in [4.78, 5) is 12.1. The molecule has 0 spiro atoms. The summed E-state index contributed by atoms with van der Waals surface area (Å²) in [7, 11) is -3.90. The number of ether oxygens (including phenoxy) is 1. The Hall–Kier alpha value is -2.50. The number of urea groups is 1. The number of hydrogen-bond acceptors (Lipinski definition) is 5. The van der Waals surface area contributed by atoms with Gasteiger partial charge in [0.25, 0.3) is 10.0 Å². The topological polar surface area (TPSA) is 96.5 Å². The lowest BCUT2D eigenvalue weighted by Crippen LogP contribution is -2.36. The van der Waals surface area contributed by atoms with Crippen molar-refractivity contribution in [1.29, 1.82) is 0 Å². The second-order valence-corrected chi connectivity index (χ2v) is 12.3. The van der Waals surface area contributed by atoms with Crippen molar-refractivity contribution in [3.8, 4) is 22.6 Å². The molecule has 13 heteroatoms. The Bertz CT molecular complexity index is 1560. The van der Waals surface area contributed by atoms with Crippen LogP contribution < -0.4 is 20.1 Å². The van der Waals surface area contributed by atoms with E-state index in [0.29, 0.717) is 48.4 Å². The number of sulfonamides is 1. The van der Waals surface area contributed by atoms with E-state index in [1.807, 2.05) is 0 Å². The van der Waals surface area contributed by atoms with Gasteiger partial charge in [0, 0.05) is 45.0 Å². The predicted molar refractivity (Wildman–Crippen MR) is 155 cm³/mol. The van der Waals surface area contributed by atoms with Crippen LogP contribution in [0, 0.1) is 0 Å². The van der Waals surface area contributed by atoms with Gasteiger partial charge >= 0.3 is 6.03 Å². The quantitative estimate of drug-likeness (QED) is 0.164. The molecule has 4 rings (SSSR count). The van der Waals surface area contributed by atoms with Crippen molar-refractivity contribution in [2.45, 2.75) is 4.21 Å². The molecule has 0 saturated carbocycles. The minimum atomic E-state index is -3.90. The number of para-hydroxylation sites is 1. The van der Waals surface area contributed by atoms with Crippen LogP contribution in [0.5, 0.6) is 11.5 Å². The number of anilines is 1. The van der Waals surface area contributed by atoms with Gasteiger partial charge in [0.2, 0.25) is 0 Å². The molecule has 7 nitrogen and oxygen atoms in total. The minimum absolute atomic E-state index is 0.0365. The normalized spacial score (nSPS) is 11.3. The molecule has 4 aromatic rings. The molecule has 198 valence electrons. The number of carbonyl (C=O) groups is 1. The lowest BCUT2D eigenvalue weighted by molar-refractivity contribution is 0.252. The first-order valence-corrected chi connectivity index (χ1v) is 14.8. The summed E-state index contributed by atoms with van der Waals surface area (Å²) in [5.41, 5.74) is 1.44. The summed E-state index contributed by atoms with van der Waals surface area (Å²) >= 11 is 25.1. The average molecular weight is 631 g/mol.